The molecule has 2 atom stereocenters. The number of benzene rings is 2. The summed E-state index contributed by atoms with van der Waals surface area (Å²) in [6.07, 6.45) is 4.45. The fourth-order valence-electron chi connectivity index (χ4n) is 4.72. The topological polar surface area (TPSA) is 89.3 Å². The van der Waals surface area contributed by atoms with Crippen LogP contribution in [0.5, 0.6) is 17.2 Å². The first-order chi connectivity index (χ1) is 17.4. The average molecular weight is 489 g/mol. The van der Waals surface area contributed by atoms with E-state index in [1.807, 2.05) is 74.4 Å². The Morgan fingerprint density at radius 3 is 2.72 bits per heavy atom. The van der Waals surface area contributed by atoms with Crippen LogP contribution in [0.15, 0.2) is 59.3 Å². The number of aromatic nitrogens is 1. The number of nitrogens with one attached hydrogen (secondary N) is 1. The maximum absolute atomic E-state index is 13.4. The van der Waals surface area contributed by atoms with Gasteiger partial charge in [0, 0.05) is 18.0 Å². The van der Waals surface area contributed by atoms with Crippen LogP contribution >= 0.6 is 0 Å². The summed E-state index contributed by atoms with van der Waals surface area (Å²) in [5.41, 5.74) is 6.08. The fraction of sp³-hybridized carbons (Fsp3) is 0.333. The normalized spacial score (nSPS) is 20.4. The van der Waals surface area contributed by atoms with Crippen molar-refractivity contribution in [2.45, 2.75) is 51.9 Å². The maximum atomic E-state index is 13.4. The minimum absolute atomic E-state index is 0.00101. The number of amides is 1. The zero-order chi connectivity index (χ0) is 24.8. The van der Waals surface area contributed by atoms with Gasteiger partial charge in [0.2, 0.25) is 12.7 Å². The minimum atomic E-state index is -0.300. The van der Waals surface area contributed by atoms with E-state index in [0.29, 0.717) is 24.6 Å². The number of hydrazine groups is 1. The molecule has 9 nitrogen and oxygen atoms in total. The van der Waals surface area contributed by atoms with E-state index in [4.69, 9.17) is 23.6 Å². The Hall–Kier alpha value is -3.98. The molecule has 0 aliphatic carbocycles. The van der Waals surface area contributed by atoms with Gasteiger partial charge in [0.25, 0.3) is 5.91 Å². The van der Waals surface area contributed by atoms with Crippen LogP contribution in [-0.4, -0.2) is 39.7 Å². The first-order valence-electron chi connectivity index (χ1n) is 12.1. The van der Waals surface area contributed by atoms with Crippen molar-refractivity contribution in [1.82, 2.24) is 20.3 Å². The van der Waals surface area contributed by atoms with Gasteiger partial charge in [-0.25, -0.2) is 10.4 Å². The molecule has 3 aromatic rings. The molecule has 9 heteroatoms. The lowest BCUT2D eigenvalue weighted by molar-refractivity contribution is -0.135. The molecule has 3 aliphatic heterocycles. The molecule has 1 amide bonds. The molecule has 1 aromatic heterocycles. The SMILES string of the molecule is Cc1oc(-c2ccc(OC(C)C)cc2)nc1CN1C=CN2NC(c3ccc4c(c3)OCO4)CC2C1=O. The summed E-state index contributed by atoms with van der Waals surface area (Å²) < 4.78 is 22.6. The van der Waals surface area contributed by atoms with Crippen LogP contribution in [0.25, 0.3) is 11.5 Å². The van der Waals surface area contributed by atoms with Gasteiger partial charge in [-0.2, -0.15) is 0 Å². The Kier molecular flexibility index (Phi) is 5.56. The van der Waals surface area contributed by atoms with Crippen molar-refractivity contribution in [1.29, 1.82) is 0 Å². The summed E-state index contributed by atoms with van der Waals surface area (Å²) in [7, 11) is 0. The Morgan fingerprint density at radius 2 is 1.92 bits per heavy atom. The quantitative estimate of drug-likeness (QED) is 0.550. The minimum Gasteiger partial charge on any atom is -0.491 e. The van der Waals surface area contributed by atoms with Gasteiger partial charge < -0.3 is 28.5 Å². The van der Waals surface area contributed by atoms with Crippen molar-refractivity contribution in [2.24, 2.45) is 0 Å². The summed E-state index contributed by atoms with van der Waals surface area (Å²) in [5, 5.41) is 1.88. The van der Waals surface area contributed by atoms with Crippen LogP contribution in [0.3, 0.4) is 0 Å². The maximum Gasteiger partial charge on any atom is 0.251 e. The van der Waals surface area contributed by atoms with Crippen LogP contribution in [0.1, 0.15) is 43.3 Å². The molecule has 1 saturated heterocycles. The summed E-state index contributed by atoms with van der Waals surface area (Å²) >= 11 is 0. The van der Waals surface area contributed by atoms with Gasteiger partial charge in [-0.1, -0.05) is 6.07 Å². The summed E-state index contributed by atoms with van der Waals surface area (Å²) in [4.78, 5) is 19.8. The van der Waals surface area contributed by atoms with Crippen molar-refractivity contribution in [3.63, 3.8) is 0 Å². The third-order valence-electron chi connectivity index (χ3n) is 6.56. The second-order valence-corrected chi connectivity index (χ2v) is 9.43. The van der Waals surface area contributed by atoms with Gasteiger partial charge in [-0.05, 0) is 69.2 Å². The highest BCUT2D eigenvalue weighted by Gasteiger charge is 2.40. The van der Waals surface area contributed by atoms with Crippen LogP contribution in [0.4, 0.5) is 0 Å². The number of rotatable bonds is 6. The van der Waals surface area contributed by atoms with E-state index < -0.39 is 0 Å². The molecule has 1 N–H and O–H groups in total. The smallest absolute Gasteiger partial charge is 0.251 e. The molecule has 0 radical (unpaired) electrons. The number of ether oxygens (including phenoxy) is 3. The van der Waals surface area contributed by atoms with E-state index in [1.165, 1.54) is 0 Å². The first kappa shape index (κ1) is 22.5. The number of nitrogens with zero attached hydrogens (tertiary/aromatic N) is 3. The Morgan fingerprint density at radius 1 is 1.11 bits per heavy atom. The molecular formula is C27H28N4O5. The zero-order valence-electron chi connectivity index (χ0n) is 20.4. The van der Waals surface area contributed by atoms with Crippen molar-refractivity contribution < 1.29 is 23.4 Å². The zero-order valence-corrected chi connectivity index (χ0v) is 20.4. The molecule has 0 spiro atoms. The molecule has 3 aliphatic rings. The number of carbonyl (C=O) groups is 1. The van der Waals surface area contributed by atoms with E-state index in [9.17, 15) is 4.79 Å². The number of aryl methyl sites for hydroxylation is 1. The van der Waals surface area contributed by atoms with Crippen LogP contribution in [0, 0.1) is 6.92 Å². The summed E-state index contributed by atoms with van der Waals surface area (Å²) in [6, 6.07) is 13.3. The summed E-state index contributed by atoms with van der Waals surface area (Å²) in [6.45, 7) is 6.44. The van der Waals surface area contributed by atoms with E-state index >= 15 is 0 Å². The monoisotopic (exact) mass is 488 g/mol. The first-order valence-corrected chi connectivity index (χ1v) is 12.1. The molecular weight excluding hydrogens is 460 g/mol. The standard InChI is InChI=1S/C27H28N4O5/c1-16(2)35-20-7-4-18(5-8-20)26-28-22(17(3)36-26)14-30-10-11-31-23(27(30)32)13-21(29-31)19-6-9-24-25(12-19)34-15-33-24/h4-12,16,21,23,29H,13-15H2,1-3H3. The summed E-state index contributed by atoms with van der Waals surface area (Å²) in [5.74, 6) is 3.53. The second-order valence-electron chi connectivity index (χ2n) is 9.43. The van der Waals surface area contributed by atoms with Crippen molar-refractivity contribution in [2.75, 3.05) is 6.79 Å². The largest absolute Gasteiger partial charge is 0.491 e. The molecule has 36 heavy (non-hydrogen) atoms. The Balaban J connectivity index is 1.14. The Labute approximate surface area is 209 Å². The van der Waals surface area contributed by atoms with Gasteiger partial charge in [-0.3, -0.25) is 4.79 Å². The van der Waals surface area contributed by atoms with E-state index in [0.717, 1.165) is 34.1 Å². The van der Waals surface area contributed by atoms with Crippen molar-refractivity contribution in [3.8, 4) is 28.7 Å². The molecule has 4 heterocycles. The average Bonchev–Trinajstić information content (AvgIpc) is 3.59. The molecule has 1 fully saturated rings. The van der Waals surface area contributed by atoms with E-state index in [-0.39, 0.29) is 30.9 Å². The van der Waals surface area contributed by atoms with Gasteiger partial charge >= 0.3 is 0 Å². The lowest BCUT2D eigenvalue weighted by atomic mass is 10.0. The van der Waals surface area contributed by atoms with E-state index in [2.05, 4.69) is 5.43 Å². The number of hydrogen-bond donors (Lipinski definition) is 1. The molecule has 0 bridgehead atoms. The number of carbonyl (C=O) groups excluding carboxylic acids is 1. The van der Waals surface area contributed by atoms with Crippen LogP contribution < -0.4 is 19.6 Å². The van der Waals surface area contributed by atoms with Gasteiger partial charge in [-0.15, -0.1) is 0 Å². The number of fused-ring (bicyclic) bond motifs is 2. The molecule has 186 valence electrons. The lowest BCUT2D eigenvalue weighted by Crippen LogP contribution is -2.47. The highest BCUT2D eigenvalue weighted by molar-refractivity contribution is 5.84. The second kappa shape index (κ2) is 8.91. The lowest BCUT2D eigenvalue weighted by Gasteiger charge is -2.31. The number of hydrogen-bond acceptors (Lipinski definition) is 8. The van der Waals surface area contributed by atoms with E-state index in [1.54, 1.807) is 11.1 Å². The highest BCUT2D eigenvalue weighted by Crippen LogP contribution is 2.38. The molecule has 6 rings (SSSR count). The predicted octanol–water partition coefficient (Wildman–Crippen LogP) is 4.30. The molecule has 2 aromatic carbocycles. The van der Waals surface area contributed by atoms with Gasteiger partial charge in [0.05, 0.1) is 18.7 Å². The van der Waals surface area contributed by atoms with Gasteiger partial charge in [0.1, 0.15) is 23.2 Å². The highest BCUT2D eigenvalue weighted by atomic mass is 16.7. The van der Waals surface area contributed by atoms with Gasteiger partial charge in [0.15, 0.2) is 11.5 Å². The van der Waals surface area contributed by atoms with Crippen molar-refractivity contribution >= 4 is 5.91 Å². The molecule has 2 unspecified atom stereocenters. The fourth-order valence-corrected chi connectivity index (χ4v) is 4.72. The third kappa shape index (κ3) is 4.15. The van der Waals surface area contributed by atoms with Crippen LogP contribution in [0.2, 0.25) is 0 Å². The predicted molar refractivity (Wildman–Crippen MR) is 131 cm³/mol. The van der Waals surface area contributed by atoms with Crippen LogP contribution in [-0.2, 0) is 11.3 Å². The van der Waals surface area contributed by atoms with Crippen molar-refractivity contribution in [3.05, 3.63) is 71.9 Å². The third-order valence-corrected chi connectivity index (χ3v) is 6.56. The Bertz CT molecular complexity index is 1320. The number of oxazole rings is 1. The molecule has 0 saturated carbocycles.